The second kappa shape index (κ2) is 4.64. The van der Waals surface area contributed by atoms with Crippen LogP contribution in [0.3, 0.4) is 0 Å². The molecule has 0 atom stereocenters. The predicted molar refractivity (Wildman–Crippen MR) is 56.7 cm³/mol. The van der Waals surface area contributed by atoms with Crippen LogP contribution in [0.5, 0.6) is 0 Å². The van der Waals surface area contributed by atoms with Gasteiger partial charge in [0, 0.05) is 17.5 Å². The lowest BCUT2D eigenvalue weighted by atomic mass is 10.0. The van der Waals surface area contributed by atoms with Crippen molar-refractivity contribution in [3.63, 3.8) is 0 Å². The summed E-state index contributed by atoms with van der Waals surface area (Å²) < 4.78 is 42.3. The quantitative estimate of drug-likeness (QED) is 0.791. The molecule has 0 fully saturated rings. The number of rotatable bonds is 3. The van der Waals surface area contributed by atoms with Crippen LogP contribution in [0, 0.1) is 0 Å². The molecule has 1 aromatic heterocycles. The molecule has 0 amide bonds. The Morgan fingerprint density at radius 3 is 2.44 bits per heavy atom. The molecule has 0 aliphatic rings. The van der Waals surface area contributed by atoms with E-state index in [-0.39, 0.29) is 17.7 Å². The molecule has 6 heteroatoms. The van der Waals surface area contributed by atoms with Gasteiger partial charge in [0.05, 0.1) is 0 Å². The van der Waals surface area contributed by atoms with E-state index in [0.29, 0.717) is 11.8 Å². The summed E-state index contributed by atoms with van der Waals surface area (Å²) in [6, 6.07) is 8.27. The van der Waals surface area contributed by atoms with Crippen molar-refractivity contribution in [2.75, 3.05) is 0 Å². The molecular weight excluding hydrogens is 247 g/mol. The normalized spacial score (nSPS) is 11.5. The summed E-state index contributed by atoms with van der Waals surface area (Å²) in [4.78, 5) is 10.5. The average Bonchev–Trinajstić information content (AvgIpc) is 2.74. The van der Waals surface area contributed by atoms with Gasteiger partial charge in [0.15, 0.2) is 0 Å². The second-order valence-corrected chi connectivity index (χ2v) is 3.57. The largest absolute Gasteiger partial charge is 0.452 e. The van der Waals surface area contributed by atoms with Crippen LogP contribution in [0.15, 0.2) is 34.9 Å². The number of hydrogen-bond donors (Lipinski definition) is 0. The van der Waals surface area contributed by atoms with Gasteiger partial charge in [-0.25, -0.2) is 0 Å². The van der Waals surface area contributed by atoms with E-state index in [9.17, 15) is 18.0 Å². The first kappa shape index (κ1) is 12.3. The third-order valence-corrected chi connectivity index (χ3v) is 2.38. The molecule has 94 valence electrons. The minimum absolute atomic E-state index is 0.0509. The first-order chi connectivity index (χ1) is 8.54. The third-order valence-electron chi connectivity index (χ3n) is 2.38. The van der Waals surface area contributed by atoms with Gasteiger partial charge >= 0.3 is 6.18 Å². The van der Waals surface area contributed by atoms with Gasteiger partial charge < -0.3 is 9.32 Å². The van der Waals surface area contributed by atoms with Gasteiger partial charge in [0.1, 0.15) is 12.0 Å². The van der Waals surface area contributed by atoms with Crippen molar-refractivity contribution in [1.29, 1.82) is 0 Å². The van der Waals surface area contributed by atoms with E-state index >= 15 is 0 Å². The standard InChI is InChI=1S/C12H8F3NO2/c13-12(14,15)11-9(6-7-17)10(16-18-11)8-4-2-1-3-5-8/h1-5,7H,6H2. The molecule has 0 aliphatic heterocycles. The molecule has 0 aliphatic carbocycles. The monoisotopic (exact) mass is 255 g/mol. The summed E-state index contributed by atoms with van der Waals surface area (Å²) in [5.74, 6) is -1.21. The molecule has 1 heterocycles. The predicted octanol–water partition coefficient (Wildman–Crippen LogP) is 3.10. The Kier molecular flexibility index (Phi) is 3.18. The Morgan fingerprint density at radius 2 is 1.89 bits per heavy atom. The van der Waals surface area contributed by atoms with E-state index in [0.717, 1.165) is 0 Å². The number of alkyl halides is 3. The van der Waals surface area contributed by atoms with Gasteiger partial charge in [0.2, 0.25) is 5.76 Å². The molecule has 0 saturated carbocycles. The number of aldehydes is 1. The Hall–Kier alpha value is -2.11. The van der Waals surface area contributed by atoms with Gasteiger partial charge in [0.25, 0.3) is 0 Å². The summed E-state index contributed by atoms with van der Waals surface area (Å²) in [5, 5.41) is 3.42. The van der Waals surface area contributed by atoms with Crippen LogP contribution in [-0.2, 0) is 17.4 Å². The van der Waals surface area contributed by atoms with E-state index in [1.165, 1.54) is 0 Å². The van der Waals surface area contributed by atoms with Crippen molar-refractivity contribution in [2.24, 2.45) is 0 Å². The SMILES string of the molecule is O=CCc1c(-c2ccccc2)noc1C(F)(F)F. The number of carbonyl (C=O) groups excluding carboxylic acids is 1. The summed E-state index contributed by atoms with van der Waals surface area (Å²) in [5.41, 5.74) is 0.298. The fourth-order valence-electron chi connectivity index (χ4n) is 1.63. The first-order valence-corrected chi connectivity index (χ1v) is 5.09. The van der Waals surface area contributed by atoms with Crippen LogP contribution < -0.4 is 0 Å². The molecule has 3 nitrogen and oxygen atoms in total. The maximum atomic E-state index is 12.7. The topological polar surface area (TPSA) is 43.1 Å². The summed E-state index contributed by atoms with van der Waals surface area (Å²) in [7, 11) is 0. The lowest BCUT2D eigenvalue weighted by Crippen LogP contribution is -2.07. The van der Waals surface area contributed by atoms with Crippen molar-refractivity contribution in [1.82, 2.24) is 5.16 Å². The number of benzene rings is 1. The molecule has 2 aromatic rings. The molecular formula is C12H8F3NO2. The van der Waals surface area contributed by atoms with Crippen LogP contribution >= 0.6 is 0 Å². The highest BCUT2D eigenvalue weighted by molar-refractivity contribution is 5.68. The number of halogens is 3. The van der Waals surface area contributed by atoms with E-state index < -0.39 is 11.9 Å². The first-order valence-electron chi connectivity index (χ1n) is 5.09. The highest BCUT2D eigenvalue weighted by Gasteiger charge is 2.40. The Labute approximate surface area is 100 Å². The van der Waals surface area contributed by atoms with Crippen molar-refractivity contribution < 1.29 is 22.5 Å². The molecule has 0 bridgehead atoms. The Bertz CT molecular complexity index is 546. The van der Waals surface area contributed by atoms with Crippen LogP contribution in [0.4, 0.5) is 13.2 Å². The van der Waals surface area contributed by atoms with E-state index in [1.807, 2.05) is 0 Å². The lowest BCUT2D eigenvalue weighted by Gasteiger charge is -2.03. The van der Waals surface area contributed by atoms with Crippen LogP contribution in [0.25, 0.3) is 11.3 Å². The highest BCUT2D eigenvalue weighted by atomic mass is 19.4. The van der Waals surface area contributed by atoms with Crippen LogP contribution in [0.2, 0.25) is 0 Å². The Balaban J connectivity index is 2.56. The third kappa shape index (κ3) is 2.27. The number of carbonyl (C=O) groups is 1. The number of aromatic nitrogens is 1. The fourth-order valence-corrected chi connectivity index (χ4v) is 1.63. The van der Waals surface area contributed by atoms with Crippen molar-refractivity contribution in [3.05, 3.63) is 41.7 Å². The summed E-state index contributed by atoms with van der Waals surface area (Å²) >= 11 is 0. The Morgan fingerprint density at radius 1 is 1.22 bits per heavy atom. The zero-order chi connectivity index (χ0) is 13.2. The minimum Gasteiger partial charge on any atom is -0.351 e. The van der Waals surface area contributed by atoms with Crippen LogP contribution in [0.1, 0.15) is 11.3 Å². The smallest absolute Gasteiger partial charge is 0.351 e. The minimum atomic E-state index is -4.65. The lowest BCUT2D eigenvalue weighted by molar-refractivity contribution is -0.156. The number of hydrogen-bond acceptors (Lipinski definition) is 3. The molecule has 0 radical (unpaired) electrons. The van der Waals surface area contributed by atoms with E-state index in [2.05, 4.69) is 9.68 Å². The zero-order valence-corrected chi connectivity index (χ0v) is 9.07. The average molecular weight is 255 g/mol. The second-order valence-electron chi connectivity index (χ2n) is 3.57. The van der Waals surface area contributed by atoms with Gasteiger partial charge in [-0.3, -0.25) is 0 Å². The summed E-state index contributed by atoms with van der Waals surface area (Å²) in [6.07, 6.45) is -4.64. The van der Waals surface area contributed by atoms with Crippen molar-refractivity contribution >= 4 is 6.29 Å². The summed E-state index contributed by atoms with van der Waals surface area (Å²) in [6.45, 7) is 0. The molecule has 0 spiro atoms. The molecule has 0 saturated heterocycles. The van der Waals surface area contributed by atoms with Crippen LogP contribution in [-0.4, -0.2) is 11.4 Å². The van der Waals surface area contributed by atoms with Gasteiger partial charge in [-0.1, -0.05) is 35.5 Å². The van der Waals surface area contributed by atoms with E-state index in [4.69, 9.17) is 0 Å². The van der Waals surface area contributed by atoms with Gasteiger partial charge in [-0.2, -0.15) is 13.2 Å². The maximum Gasteiger partial charge on any atom is 0.452 e. The fraction of sp³-hybridized carbons (Fsp3) is 0.167. The van der Waals surface area contributed by atoms with Gasteiger partial charge in [-0.15, -0.1) is 0 Å². The maximum absolute atomic E-state index is 12.7. The number of nitrogens with zero attached hydrogens (tertiary/aromatic N) is 1. The molecule has 1 aromatic carbocycles. The van der Waals surface area contributed by atoms with E-state index in [1.54, 1.807) is 30.3 Å². The zero-order valence-electron chi connectivity index (χ0n) is 9.07. The van der Waals surface area contributed by atoms with Crippen molar-refractivity contribution in [2.45, 2.75) is 12.6 Å². The molecule has 0 unspecified atom stereocenters. The highest BCUT2D eigenvalue weighted by Crippen LogP contribution is 2.36. The molecule has 2 rings (SSSR count). The van der Waals surface area contributed by atoms with Crippen molar-refractivity contribution in [3.8, 4) is 11.3 Å². The van der Waals surface area contributed by atoms with Gasteiger partial charge in [-0.05, 0) is 0 Å². The molecule has 18 heavy (non-hydrogen) atoms. The molecule has 0 N–H and O–H groups in total.